The van der Waals surface area contributed by atoms with Gasteiger partial charge in [0.15, 0.2) is 0 Å². The molecule has 0 saturated heterocycles. The highest BCUT2D eigenvalue weighted by molar-refractivity contribution is 5.85. The van der Waals surface area contributed by atoms with E-state index in [2.05, 4.69) is 27.0 Å². The van der Waals surface area contributed by atoms with Crippen molar-refractivity contribution in [2.24, 2.45) is 5.73 Å². The van der Waals surface area contributed by atoms with E-state index in [1.807, 2.05) is 31.3 Å². The number of aryl methyl sites for hydroxylation is 2. The molecule has 124 valence electrons. The quantitative estimate of drug-likeness (QED) is 0.785. The van der Waals surface area contributed by atoms with Crippen molar-refractivity contribution < 1.29 is 4.79 Å². The number of hydrogen-bond acceptors (Lipinski definition) is 3. The van der Waals surface area contributed by atoms with Gasteiger partial charge < -0.3 is 15.6 Å². The zero-order valence-corrected chi connectivity index (χ0v) is 14.0. The lowest BCUT2D eigenvalue weighted by Gasteiger charge is -2.22. The normalized spacial score (nSPS) is 13.5. The molecule has 1 atom stereocenters. The molecule has 0 aliphatic rings. The lowest BCUT2D eigenvalue weighted by molar-refractivity contribution is -0.126. The lowest BCUT2D eigenvalue weighted by Crippen LogP contribution is -2.51. The summed E-state index contributed by atoms with van der Waals surface area (Å²) in [6, 6.07) is 10.3. The number of carbonyl (C=O) groups is 1. The summed E-state index contributed by atoms with van der Waals surface area (Å²) in [6.45, 7) is 5.03. The first kappa shape index (κ1) is 17.2. The van der Waals surface area contributed by atoms with E-state index in [1.165, 1.54) is 5.56 Å². The Bertz CT molecular complexity index is 619. The average molecular weight is 314 g/mol. The fourth-order valence-corrected chi connectivity index (χ4v) is 2.60. The third-order valence-corrected chi connectivity index (χ3v) is 3.98. The van der Waals surface area contributed by atoms with Crippen molar-refractivity contribution in [3.63, 3.8) is 0 Å². The van der Waals surface area contributed by atoms with Crippen LogP contribution in [0.4, 0.5) is 0 Å². The summed E-state index contributed by atoms with van der Waals surface area (Å²) in [5.74, 6) is 0.721. The number of rotatable bonds is 8. The summed E-state index contributed by atoms with van der Waals surface area (Å²) in [5.41, 5.74) is 6.51. The van der Waals surface area contributed by atoms with Gasteiger partial charge in [-0.15, -0.1) is 0 Å². The van der Waals surface area contributed by atoms with E-state index >= 15 is 0 Å². The Morgan fingerprint density at radius 3 is 2.78 bits per heavy atom. The molecule has 0 aliphatic carbocycles. The van der Waals surface area contributed by atoms with Crippen molar-refractivity contribution in [2.75, 3.05) is 0 Å². The highest BCUT2D eigenvalue weighted by atomic mass is 16.2. The van der Waals surface area contributed by atoms with Crippen LogP contribution < -0.4 is 11.1 Å². The van der Waals surface area contributed by atoms with E-state index in [9.17, 15) is 4.79 Å². The van der Waals surface area contributed by atoms with Gasteiger partial charge in [0.25, 0.3) is 0 Å². The van der Waals surface area contributed by atoms with Crippen LogP contribution in [-0.4, -0.2) is 21.0 Å². The third-order valence-electron chi connectivity index (χ3n) is 3.98. The number of aromatic nitrogens is 2. The van der Waals surface area contributed by atoms with Gasteiger partial charge in [-0.25, -0.2) is 4.98 Å². The van der Waals surface area contributed by atoms with E-state index in [0.29, 0.717) is 13.0 Å². The Hall–Kier alpha value is -2.14. The fraction of sp³-hybridized carbons (Fsp3) is 0.444. The number of imidazole rings is 1. The summed E-state index contributed by atoms with van der Waals surface area (Å²) in [7, 11) is 0. The van der Waals surface area contributed by atoms with Crippen LogP contribution in [-0.2, 0) is 24.3 Å². The van der Waals surface area contributed by atoms with Crippen molar-refractivity contribution in [3.05, 3.63) is 54.1 Å². The molecule has 1 aromatic heterocycles. The number of amides is 1. The van der Waals surface area contributed by atoms with Gasteiger partial charge in [-0.1, -0.05) is 43.7 Å². The molecule has 1 heterocycles. The first-order chi connectivity index (χ1) is 11.0. The van der Waals surface area contributed by atoms with E-state index in [-0.39, 0.29) is 5.91 Å². The highest BCUT2D eigenvalue weighted by Gasteiger charge is 2.26. The van der Waals surface area contributed by atoms with Crippen molar-refractivity contribution in [3.8, 4) is 0 Å². The minimum Gasteiger partial charge on any atom is -0.347 e. The smallest absolute Gasteiger partial charge is 0.240 e. The van der Waals surface area contributed by atoms with Gasteiger partial charge in [0.1, 0.15) is 5.82 Å². The lowest BCUT2D eigenvalue weighted by atomic mass is 9.96. The van der Waals surface area contributed by atoms with Gasteiger partial charge in [0.05, 0.1) is 12.1 Å². The fourth-order valence-electron chi connectivity index (χ4n) is 2.60. The number of nitrogens with one attached hydrogen (secondary N) is 1. The molecule has 23 heavy (non-hydrogen) atoms. The molecule has 0 aliphatic heterocycles. The predicted octanol–water partition coefficient (Wildman–Crippen LogP) is 2.26. The molecule has 0 saturated carbocycles. The monoisotopic (exact) mass is 314 g/mol. The maximum Gasteiger partial charge on any atom is 0.240 e. The molecular weight excluding hydrogens is 288 g/mol. The minimum absolute atomic E-state index is 0.128. The Morgan fingerprint density at radius 1 is 1.35 bits per heavy atom. The maximum atomic E-state index is 12.2. The van der Waals surface area contributed by atoms with Crippen LogP contribution in [0.1, 0.15) is 38.1 Å². The second kappa shape index (κ2) is 7.92. The molecule has 1 aromatic carbocycles. The van der Waals surface area contributed by atoms with Crippen molar-refractivity contribution in [1.82, 2.24) is 14.9 Å². The molecule has 3 N–H and O–H groups in total. The van der Waals surface area contributed by atoms with Crippen LogP contribution in [0, 0.1) is 0 Å². The number of nitrogens with zero attached hydrogens (tertiary/aromatic N) is 2. The van der Waals surface area contributed by atoms with Gasteiger partial charge in [-0.2, -0.15) is 0 Å². The first-order valence-electron chi connectivity index (χ1n) is 8.14. The molecule has 2 rings (SSSR count). The third kappa shape index (κ3) is 4.93. The van der Waals surface area contributed by atoms with Crippen molar-refractivity contribution in [2.45, 2.75) is 51.7 Å². The molecule has 0 radical (unpaired) electrons. The van der Waals surface area contributed by atoms with E-state index in [4.69, 9.17) is 5.73 Å². The van der Waals surface area contributed by atoms with Gasteiger partial charge in [-0.05, 0) is 25.3 Å². The Kier molecular flexibility index (Phi) is 5.93. The van der Waals surface area contributed by atoms with Gasteiger partial charge in [0, 0.05) is 18.9 Å². The zero-order valence-electron chi connectivity index (χ0n) is 14.0. The van der Waals surface area contributed by atoms with E-state index < -0.39 is 5.54 Å². The minimum atomic E-state index is -0.823. The molecule has 0 fully saturated rings. The SMILES string of the molecule is CCCC(C)(N)C(=O)NCc1nccn1CCc1ccccc1. The number of carbonyl (C=O) groups excluding carboxylic acids is 1. The largest absolute Gasteiger partial charge is 0.347 e. The topological polar surface area (TPSA) is 72.9 Å². The summed E-state index contributed by atoms with van der Waals surface area (Å²) in [6.07, 6.45) is 6.19. The molecule has 1 unspecified atom stereocenters. The molecule has 2 aromatic rings. The van der Waals surface area contributed by atoms with Crippen LogP contribution in [0.3, 0.4) is 0 Å². The number of hydrogen-bond donors (Lipinski definition) is 2. The molecule has 0 bridgehead atoms. The standard InChI is InChI=1S/C18H26N4O/c1-3-10-18(2,19)17(23)21-14-16-20-11-13-22(16)12-9-15-7-5-4-6-8-15/h4-8,11,13H,3,9-10,12,14,19H2,1-2H3,(H,21,23). The maximum absolute atomic E-state index is 12.2. The molecule has 5 heteroatoms. The van der Waals surface area contributed by atoms with Gasteiger partial charge >= 0.3 is 0 Å². The summed E-state index contributed by atoms with van der Waals surface area (Å²) in [4.78, 5) is 16.5. The number of nitrogens with two attached hydrogens (primary N) is 1. The summed E-state index contributed by atoms with van der Waals surface area (Å²) >= 11 is 0. The van der Waals surface area contributed by atoms with Crippen LogP contribution >= 0.6 is 0 Å². The van der Waals surface area contributed by atoms with Gasteiger partial charge in [-0.3, -0.25) is 4.79 Å². The second-order valence-electron chi connectivity index (χ2n) is 6.12. The molecule has 0 spiro atoms. The Morgan fingerprint density at radius 2 is 2.09 bits per heavy atom. The summed E-state index contributed by atoms with van der Waals surface area (Å²) in [5, 5.41) is 2.90. The van der Waals surface area contributed by atoms with Crippen LogP contribution in [0.5, 0.6) is 0 Å². The van der Waals surface area contributed by atoms with Crippen molar-refractivity contribution >= 4 is 5.91 Å². The highest BCUT2D eigenvalue weighted by Crippen LogP contribution is 2.09. The molecule has 1 amide bonds. The van der Waals surface area contributed by atoms with Crippen LogP contribution in [0.2, 0.25) is 0 Å². The van der Waals surface area contributed by atoms with Crippen LogP contribution in [0.25, 0.3) is 0 Å². The predicted molar refractivity (Wildman–Crippen MR) is 91.7 cm³/mol. The molecule has 5 nitrogen and oxygen atoms in total. The zero-order chi connectivity index (χ0) is 16.7. The van der Waals surface area contributed by atoms with E-state index in [0.717, 1.165) is 25.2 Å². The Labute approximate surface area is 137 Å². The number of benzene rings is 1. The average Bonchev–Trinajstić information content (AvgIpc) is 2.99. The van der Waals surface area contributed by atoms with E-state index in [1.54, 1.807) is 13.1 Å². The molecular formula is C18H26N4O. The van der Waals surface area contributed by atoms with Crippen molar-refractivity contribution in [1.29, 1.82) is 0 Å². The van der Waals surface area contributed by atoms with Gasteiger partial charge in [0.2, 0.25) is 5.91 Å². The second-order valence-corrected chi connectivity index (χ2v) is 6.12. The Balaban J connectivity index is 1.90. The first-order valence-corrected chi connectivity index (χ1v) is 8.14. The van der Waals surface area contributed by atoms with Crippen LogP contribution in [0.15, 0.2) is 42.7 Å². The summed E-state index contributed by atoms with van der Waals surface area (Å²) < 4.78 is 2.07.